The van der Waals surface area contributed by atoms with Crippen molar-refractivity contribution in [3.05, 3.63) is 35.4 Å². The Balaban J connectivity index is 2.03. The number of aliphatic imine (C=N–C) groups is 1. The normalized spacial score (nSPS) is 15.9. The van der Waals surface area contributed by atoms with Gasteiger partial charge >= 0.3 is 0 Å². The summed E-state index contributed by atoms with van der Waals surface area (Å²) in [4.78, 5) is 8.79. The summed E-state index contributed by atoms with van der Waals surface area (Å²) in [5.74, 6) is 0.655. The molecule has 0 spiro atoms. The van der Waals surface area contributed by atoms with Gasteiger partial charge in [0, 0.05) is 19.6 Å². The number of nitrogens with two attached hydrogens (primary N) is 1. The number of hydrogen-bond acceptors (Lipinski definition) is 2. The first-order valence-electron chi connectivity index (χ1n) is 6.82. The summed E-state index contributed by atoms with van der Waals surface area (Å²) in [6, 6.07) is 9.04. The maximum Gasteiger partial charge on any atom is 0.191 e. The van der Waals surface area contributed by atoms with E-state index in [1.807, 2.05) is 7.05 Å². The molecular formula is C15H24N4. The van der Waals surface area contributed by atoms with Crippen molar-refractivity contribution >= 4 is 5.96 Å². The molecule has 0 radical (unpaired) electrons. The Morgan fingerprint density at radius 2 is 1.84 bits per heavy atom. The smallest absolute Gasteiger partial charge is 0.191 e. The number of benzene rings is 1. The van der Waals surface area contributed by atoms with Crippen molar-refractivity contribution in [1.82, 2.24) is 9.80 Å². The predicted molar refractivity (Wildman–Crippen MR) is 79.9 cm³/mol. The molecule has 0 aromatic heterocycles. The maximum absolute atomic E-state index is 6.02. The largest absolute Gasteiger partial charge is 0.370 e. The molecule has 4 nitrogen and oxygen atoms in total. The Bertz CT molecular complexity index is 449. The van der Waals surface area contributed by atoms with E-state index in [0.29, 0.717) is 18.5 Å². The lowest BCUT2D eigenvalue weighted by Crippen LogP contribution is -2.35. The van der Waals surface area contributed by atoms with Gasteiger partial charge in [-0.2, -0.15) is 0 Å². The lowest BCUT2D eigenvalue weighted by molar-refractivity contribution is 0.401. The van der Waals surface area contributed by atoms with Gasteiger partial charge in [-0.05, 0) is 38.1 Å². The van der Waals surface area contributed by atoms with Crippen LogP contribution in [0.4, 0.5) is 0 Å². The SMILES string of the molecule is CN(C)Cc1ccccc1CN=C(N)N(C)C1CC1. The van der Waals surface area contributed by atoms with E-state index >= 15 is 0 Å². The van der Waals surface area contributed by atoms with Crippen LogP contribution in [-0.4, -0.2) is 42.9 Å². The quantitative estimate of drug-likeness (QED) is 0.647. The van der Waals surface area contributed by atoms with Crippen LogP contribution in [0, 0.1) is 0 Å². The van der Waals surface area contributed by atoms with Crippen LogP contribution < -0.4 is 5.73 Å². The lowest BCUT2D eigenvalue weighted by atomic mass is 10.1. The molecule has 4 heteroatoms. The summed E-state index contributed by atoms with van der Waals surface area (Å²) in [7, 11) is 6.19. The Morgan fingerprint density at radius 3 is 2.42 bits per heavy atom. The van der Waals surface area contributed by atoms with E-state index in [-0.39, 0.29) is 0 Å². The molecule has 1 aliphatic rings. The number of rotatable bonds is 5. The Hall–Kier alpha value is -1.55. The molecule has 1 aromatic carbocycles. The monoisotopic (exact) mass is 260 g/mol. The Labute approximate surface area is 115 Å². The van der Waals surface area contributed by atoms with Gasteiger partial charge in [0.1, 0.15) is 0 Å². The Morgan fingerprint density at radius 1 is 1.21 bits per heavy atom. The molecule has 104 valence electrons. The summed E-state index contributed by atoms with van der Waals surface area (Å²) in [5.41, 5.74) is 8.59. The molecule has 1 fully saturated rings. The zero-order chi connectivity index (χ0) is 13.8. The fraction of sp³-hybridized carbons (Fsp3) is 0.533. The first-order valence-corrected chi connectivity index (χ1v) is 6.82. The van der Waals surface area contributed by atoms with Crippen LogP contribution in [0.3, 0.4) is 0 Å². The van der Waals surface area contributed by atoms with Crippen molar-refractivity contribution in [2.75, 3.05) is 21.1 Å². The highest BCUT2D eigenvalue weighted by Crippen LogP contribution is 2.25. The highest BCUT2D eigenvalue weighted by Gasteiger charge is 2.27. The molecule has 0 unspecified atom stereocenters. The van der Waals surface area contributed by atoms with Crippen LogP contribution in [0.1, 0.15) is 24.0 Å². The van der Waals surface area contributed by atoms with Gasteiger partial charge in [-0.3, -0.25) is 0 Å². The first kappa shape index (κ1) is 13.9. The fourth-order valence-electron chi connectivity index (χ4n) is 2.13. The average Bonchev–Trinajstić information content (AvgIpc) is 3.20. The van der Waals surface area contributed by atoms with Crippen LogP contribution in [0.15, 0.2) is 29.3 Å². The van der Waals surface area contributed by atoms with E-state index in [1.54, 1.807) is 0 Å². The minimum absolute atomic E-state index is 0.612. The first-order chi connectivity index (χ1) is 9.08. The van der Waals surface area contributed by atoms with Gasteiger partial charge in [-0.25, -0.2) is 4.99 Å². The van der Waals surface area contributed by atoms with E-state index in [9.17, 15) is 0 Å². The van der Waals surface area contributed by atoms with Crippen molar-refractivity contribution in [3.8, 4) is 0 Å². The van der Waals surface area contributed by atoms with E-state index in [0.717, 1.165) is 6.54 Å². The third-order valence-electron chi connectivity index (χ3n) is 3.47. The number of hydrogen-bond donors (Lipinski definition) is 1. The van der Waals surface area contributed by atoms with Gasteiger partial charge in [0.15, 0.2) is 5.96 Å². The van der Waals surface area contributed by atoms with Gasteiger partial charge in [0.2, 0.25) is 0 Å². The summed E-state index contributed by atoms with van der Waals surface area (Å²) >= 11 is 0. The van der Waals surface area contributed by atoms with Gasteiger partial charge < -0.3 is 15.5 Å². The standard InChI is InChI=1S/C15H24N4/c1-18(2)11-13-7-5-4-6-12(13)10-17-15(16)19(3)14-8-9-14/h4-7,14H,8-11H2,1-3H3,(H2,16,17). The van der Waals surface area contributed by atoms with Crippen molar-refractivity contribution in [2.45, 2.75) is 32.0 Å². The molecule has 0 amide bonds. The minimum atomic E-state index is 0.612. The summed E-state index contributed by atoms with van der Waals surface area (Å²) < 4.78 is 0. The van der Waals surface area contributed by atoms with Crippen LogP contribution >= 0.6 is 0 Å². The molecule has 0 bridgehead atoms. The van der Waals surface area contributed by atoms with Crippen molar-refractivity contribution < 1.29 is 0 Å². The van der Waals surface area contributed by atoms with E-state index in [1.165, 1.54) is 24.0 Å². The lowest BCUT2D eigenvalue weighted by Gasteiger charge is -2.17. The highest BCUT2D eigenvalue weighted by atomic mass is 15.3. The van der Waals surface area contributed by atoms with Gasteiger partial charge in [-0.15, -0.1) is 0 Å². The molecule has 1 aliphatic carbocycles. The van der Waals surface area contributed by atoms with Crippen molar-refractivity contribution in [1.29, 1.82) is 0 Å². The second kappa shape index (κ2) is 6.06. The predicted octanol–water partition coefficient (Wildman–Crippen LogP) is 1.66. The molecule has 1 aromatic rings. The van der Waals surface area contributed by atoms with E-state index < -0.39 is 0 Å². The molecule has 2 N–H and O–H groups in total. The van der Waals surface area contributed by atoms with Crippen LogP contribution in [0.5, 0.6) is 0 Å². The number of nitrogens with zero attached hydrogens (tertiary/aromatic N) is 3. The van der Waals surface area contributed by atoms with Gasteiger partial charge in [-0.1, -0.05) is 24.3 Å². The Kier molecular flexibility index (Phi) is 4.43. The summed E-state index contributed by atoms with van der Waals surface area (Å²) in [6.07, 6.45) is 2.48. The fourth-order valence-corrected chi connectivity index (χ4v) is 2.13. The molecule has 2 rings (SSSR count). The number of guanidine groups is 1. The minimum Gasteiger partial charge on any atom is -0.370 e. The molecule has 0 atom stereocenters. The molecule has 1 saturated carbocycles. The molecule has 19 heavy (non-hydrogen) atoms. The third kappa shape index (κ3) is 3.96. The zero-order valence-corrected chi connectivity index (χ0v) is 12.1. The van der Waals surface area contributed by atoms with Crippen LogP contribution in [0.2, 0.25) is 0 Å². The zero-order valence-electron chi connectivity index (χ0n) is 12.1. The summed E-state index contributed by atoms with van der Waals surface area (Å²) in [5, 5.41) is 0. The van der Waals surface area contributed by atoms with Crippen molar-refractivity contribution in [2.24, 2.45) is 10.7 Å². The molecule has 0 heterocycles. The van der Waals surface area contributed by atoms with E-state index in [4.69, 9.17) is 5.73 Å². The average molecular weight is 260 g/mol. The third-order valence-corrected chi connectivity index (χ3v) is 3.47. The molecular weight excluding hydrogens is 236 g/mol. The second-order valence-corrected chi connectivity index (χ2v) is 5.52. The molecule has 0 saturated heterocycles. The highest BCUT2D eigenvalue weighted by molar-refractivity contribution is 5.78. The molecule has 0 aliphatic heterocycles. The van der Waals surface area contributed by atoms with Crippen LogP contribution in [-0.2, 0) is 13.1 Å². The van der Waals surface area contributed by atoms with Gasteiger partial charge in [0.05, 0.1) is 6.54 Å². The van der Waals surface area contributed by atoms with E-state index in [2.05, 4.69) is 53.2 Å². The topological polar surface area (TPSA) is 44.9 Å². The van der Waals surface area contributed by atoms with Gasteiger partial charge in [0.25, 0.3) is 0 Å². The maximum atomic E-state index is 6.02. The van der Waals surface area contributed by atoms with Crippen molar-refractivity contribution in [3.63, 3.8) is 0 Å². The second-order valence-electron chi connectivity index (χ2n) is 5.52. The van der Waals surface area contributed by atoms with Crippen LogP contribution in [0.25, 0.3) is 0 Å². The summed E-state index contributed by atoms with van der Waals surface area (Å²) in [6.45, 7) is 1.59.